The summed E-state index contributed by atoms with van der Waals surface area (Å²) in [6.45, 7) is 4.71. The predicted molar refractivity (Wildman–Crippen MR) is 57.4 cm³/mol. The van der Waals surface area contributed by atoms with Gasteiger partial charge in [0.15, 0.2) is 0 Å². The maximum Gasteiger partial charge on any atom is 0.127 e. The number of hydrogen-bond acceptors (Lipinski definition) is 4. The minimum absolute atomic E-state index is 0.442. The van der Waals surface area contributed by atoms with Crippen molar-refractivity contribution < 1.29 is 9.47 Å². The van der Waals surface area contributed by atoms with Crippen molar-refractivity contribution in [2.75, 3.05) is 33.5 Å². The minimum Gasteiger partial charge on any atom is -0.381 e. The molecule has 1 aliphatic rings. The molecule has 1 atom stereocenters. The second-order valence-corrected chi connectivity index (χ2v) is 4.26. The first-order chi connectivity index (χ1) is 7.20. The van der Waals surface area contributed by atoms with Gasteiger partial charge in [-0.05, 0) is 32.7 Å². The van der Waals surface area contributed by atoms with Crippen LogP contribution >= 0.6 is 0 Å². The van der Waals surface area contributed by atoms with Crippen molar-refractivity contribution >= 4 is 0 Å². The van der Waals surface area contributed by atoms with Crippen molar-refractivity contribution in [3.05, 3.63) is 0 Å². The Bertz CT molecular complexity index is 221. The van der Waals surface area contributed by atoms with Crippen LogP contribution in [-0.2, 0) is 9.47 Å². The molecule has 0 aromatic heterocycles. The number of hydrogen-bond donors (Lipinski definition) is 1. The van der Waals surface area contributed by atoms with Crippen molar-refractivity contribution in [3.8, 4) is 6.07 Å². The molecule has 0 bridgehead atoms. The van der Waals surface area contributed by atoms with Crippen LogP contribution in [0.1, 0.15) is 19.8 Å². The van der Waals surface area contributed by atoms with Crippen molar-refractivity contribution in [1.29, 1.82) is 5.26 Å². The summed E-state index contributed by atoms with van der Waals surface area (Å²) in [5, 5.41) is 11.9. The van der Waals surface area contributed by atoms with Crippen LogP contribution in [0.15, 0.2) is 0 Å². The Labute approximate surface area is 91.6 Å². The zero-order chi connectivity index (χ0) is 11.1. The van der Waals surface area contributed by atoms with Gasteiger partial charge in [-0.1, -0.05) is 0 Å². The molecule has 1 aliphatic heterocycles. The van der Waals surface area contributed by atoms with Crippen LogP contribution in [0.4, 0.5) is 0 Å². The van der Waals surface area contributed by atoms with Gasteiger partial charge in [0.05, 0.1) is 12.7 Å². The fourth-order valence-electron chi connectivity index (χ4n) is 1.50. The molecular formula is C11H20N2O2. The van der Waals surface area contributed by atoms with E-state index >= 15 is 0 Å². The molecule has 1 heterocycles. The zero-order valence-electron chi connectivity index (χ0n) is 9.58. The van der Waals surface area contributed by atoms with E-state index in [1.54, 1.807) is 7.05 Å². The van der Waals surface area contributed by atoms with E-state index < -0.39 is 5.54 Å². The normalized spacial score (nSPS) is 21.9. The molecule has 0 saturated carbocycles. The molecule has 0 radical (unpaired) electrons. The second kappa shape index (κ2) is 6.06. The Kier molecular flexibility index (Phi) is 5.03. The van der Waals surface area contributed by atoms with E-state index in [2.05, 4.69) is 11.4 Å². The molecule has 0 amide bonds. The van der Waals surface area contributed by atoms with Gasteiger partial charge in [0.1, 0.15) is 5.54 Å². The third kappa shape index (κ3) is 4.17. The Balaban J connectivity index is 2.17. The summed E-state index contributed by atoms with van der Waals surface area (Å²) >= 11 is 0. The van der Waals surface area contributed by atoms with E-state index in [0.29, 0.717) is 12.5 Å². The van der Waals surface area contributed by atoms with Gasteiger partial charge >= 0.3 is 0 Å². The highest BCUT2D eigenvalue weighted by molar-refractivity contribution is 5.02. The summed E-state index contributed by atoms with van der Waals surface area (Å²) < 4.78 is 10.8. The first-order valence-corrected chi connectivity index (χ1v) is 5.46. The average molecular weight is 212 g/mol. The minimum atomic E-state index is -0.564. The van der Waals surface area contributed by atoms with Crippen LogP contribution in [0, 0.1) is 17.2 Å². The van der Waals surface area contributed by atoms with Crippen LogP contribution < -0.4 is 5.32 Å². The molecule has 1 unspecified atom stereocenters. The van der Waals surface area contributed by atoms with Gasteiger partial charge in [0.2, 0.25) is 0 Å². The topological polar surface area (TPSA) is 54.3 Å². The van der Waals surface area contributed by atoms with Crippen molar-refractivity contribution in [1.82, 2.24) is 5.32 Å². The van der Waals surface area contributed by atoms with Crippen LogP contribution in [0.3, 0.4) is 0 Å². The van der Waals surface area contributed by atoms with Crippen LogP contribution in [0.5, 0.6) is 0 Å². The van der Waals surface area contributed by atoms with E-state index in [0.717, 1.165) is 32.7 Å². The van der Waals surface area contributed by atoms with E-state index in [-0.39, 0.29) is 0 Å². The van der Waals surface area contributed by atoms with Crippen molar-refractivity contribution in [2.24, 2.45) is 5.92 Å². The quantitative estimate of drug-likeness (QED) is 0.736. The van der Waals surface area contributed by atoms with Gasteiger partial charge in [-0.25, -0.2) is 0 Å². The second-order valence-electron chi connectivity index (χ2n) is 4.26. The van der Waals surface area contributed by atoms with E-state index in [9.17, 15) is 0 Å². The fraction of sp³-hybridized carbons (Fsp3) is 0.909. The van der Waals surface area contributed by atoms with E-state index in [1.165, 1.54) is 0 Å². The molecule has 1 saturated heterocycles. The lowest BCUT2D eigenvalue weighted by atomic mass is 10.0. The maximum absolute atomic E-state index is 8.91. The third-order valence-electron chi connectivity index (χ3n) is 2.88. The first kappa shape index (κ1) is 12.4. The zero-order valence-corrected chi connectivity index (χ0v) is 9.58. The Hall–Kier alpha value is -0.630. The highest BCUT2D eigenvalue weighted by Crippen LogP contribution is 2.15. The van der Waals surface area contributed by atoms with Gasteiger partial charge in [-0.2, -0.15) is 5.26 Å². The Morgan fingerprint density at radius 3 is 2.73 bits per heavy atom. The molecule has 4 heteroatoms. The number of nitrogens with zero attached hydrogens (tertiary/aromatic N) is 1. The van der Waals surface area contributed by atoms with Gasteiger partial charge in [0.25, 0.3) is 0 Å². The van der Waals surface area contributed by atoms with E-state index in [4.69, 9.17) is 14.7 Å². The predicted octanol–water partition coefficient (Wildman–Crippen LogP) is 0.931. The molecule has 1 N–H and O–H groups in total. The smallest absolute Gasteiger partial charge is 0.127 e. The van der Waals surface area contributed by atoms with Crippen LogP contribution in [-0.4, -0.2) is 39.0 Å². The summed E-state index contributed by atoms with van der Waals surface area (Å²) in [5.74, 6) is 0.596. The van der Waals surface area contributed by atoms with Gasteiger partial charge in [0, 0.05) is 19.8 Å². The third-order valence-corrected chi connectivity index (χ3v) is 2.88. The summed E-state index contributed by atoms with van der Waals surface area (Å²) in [4.78, 5) is 0. The molecule has 15 heavy (non-hydrogen) atoms. The molecular weight excluding hydrogens is 192 g/mol. The number of rotatable bonds is 5. The molecule has 4 nitrogen and oxygen atoms in total. The average Bonchev–Trinajstić information content (AvgIpc) is 2.30. The Morgan fingerprint density at radius 2 is 2.20 bits per heavy atom. The van der Waals surface area contributed by atoms with Gasteiger partial charge in [-0.15, -0.1) is 0 Å². The van der Waals surface area contributed by atoms with Crippen molar-refractivity contribution in [2.45, 2.75) is 25.3 Å². The monoisotopic (exact) mass is 212 g/mol. The first-order valence-electron chi connectivity index (χ1n) is 5.46. The highest BCUT2D eigenvalue weighted by Gasteiger charge is 2.22. The lowest BCUT2D eigenvalue weighted by Crippen LogP contribution is -2.43. The molecule has 1 rings (SSSR count). The lowest BCUT2D eigenvalue weighted by Gasteiger charge is -2.25. The van der Waals surface area contributed by atoms with Gasteiger partial charge < -0.3 is 14.8 Å². The largest absolute Gasteiger partial charge is 0.381 e. The number of likely N-dealkylation sites (N-methyl/N-ethyl adjacent to an activating group) is 1. The lowest BCUT2D eigenvalue weighted by molar-refractivity contribution is 0.0114. The summed E-state index contributed by atoms with van der Waals surface area (Å²) in [5.41, 5.74) is -0.564. The van der Waals surface area contributed by atoms with Crippen LogP contribution in [0.2, 0.25) is 0 Å². The number of nitrogens with one attached hydrogen (secondary N) is 1. The highest BCUT2D eigenvalue weighted by atomic mass is 16.5. The summed E-state index contributed by atoms with van der Waals surface area (Å²) in [7, 11) is 1.78. The summed E-state index contributed by atoms with van der Waals surface area (Å²) in [6, 6.07) is 2.21. The number of nitriles is 1. The standard InChI is InChI=1S/C11H20N2O2/c1-11(8-12,13-2)9-15-7-10-3-5-14-6-4-10/h10,13H,3-7,9H2,1-2H3. The summed E-state index contributed by atoms with van der Waals surface area (Å²) in [6.07, 6.45) is 2.14. The molecule has 0 aromatic carbocycles. The van der Waals surface area contributed by atoms with Gasteiger partial charge in [-0.3, -0.25) is 0 Å². The molecule has 0 aromatic rings. The fourth-order valence-corrected chi connectivity index (χ4v) is 1.50. The SMILES string of the molecule is CNC(C)(C#N)COCC1CCOCC1. The molecule has 86 valence electrons. The van der Waals surface area contributed by atoms with E-state index in [1.807, 2.05) is 6.92 Å². The number of ether oxygens (including phenoxy) is 2. The van der Waals surface area contributed by atoms with Crippen molar-refractivity contribution in [3.63, 3.8) is 0 Å². The molecule has 1 fully saturated rings. The molecule has 0 aliphatic carbocycles. The van der Waals surface area contributed by atoms with Crippen LogP contribution in [0.25, 0.3) is 0 Å². The Morgan fingerprint density at radius 1 is 1.53 bits per heavy atom. The maximum atomic E-state index is 8.91. The molecule has 0 spiro atoms.